The molecule has 0 radical (unpaired) electrons. The molecule has 1 aliphatic rings. The molecule has 1 unspecified atom stereocenters. The maximum atomic E-state index is 13.2. The summed E-state index contributed by atoms with van der Waals surface area (Å²) in [7, 11) is 0. The third kappa shape index (κ3) is 3.98. The lowest BCUT2D eigenvalue weighted by Gasteiger charge is -2.24. The van der Waals surface area contributed by atoms with Crippen LogP contribution in [0.25, 0.3) is 0 Å². The number of carbonyl (C=O) groups is 1. The predicted molar refractivity (Wildman–Crippen MR) is 106 cm³/mol. The van der Waals surface area contributed by atoms with Gasteiger partial charge in [0.05, 0.1) is 5.75 Å². The fourth-order valence-corrected chi connectivity index (χ4v) is 4.20. The van der Waals surface area contributed by atoms with Crippen LogP contribution >= 0.6 is 11.8 Å². The van der Waals surface area contributed by atoms with Gasteiger partial charge in [-0.15, -0.1) is 11.8 Å². The summed E-state index contributed by atoms with van der Waals surface area (Å²) in [6, 6.07) is 23.8. The van der Waals surface area contributed by atoms with E-state index in [4.69, 9.17) is 4.74 Å². The molecule has 0 saturated carbocycles. The zero-order chi connectivity index (χ0) is 18.6. The maximum absolute atomic E-state index is 13.2. The van der Waals surface area contributed by atoms with E-state index in [-0.39, 0.29) is 17.1 Å². The molecule has 0 bridgehead atoms. The van der Waals surface area contributed by atoms with Crippen LogP contribution in [0.3, 0.4) is 0 Å². The molecule has 3 aromatic rings. The van der Waals surface area contributed by atoms with Gasteiger partial charge in [-0.25, -0.2) is 4.39 Å². The standard InChI is InChI=1S/C22H18FNO2S/c23-18-8-10-19(11-9-18)24-21(25)15-27-22(24)17-6-12-20(13-7-17)26-14-16-4-2-1-3-5-16/h1-13,22H,14-15H2. The van der Waals surface area contributed by atoms with Crippen LogP contribution in [-0.2, 0) is 11.4 Å². The van der Waals surface area contributed by atoms with E-state index in [0.29, 0.717) is 18.0 Å². The van der Waals surface area contributed by atoms with E-state index in [2.05, 4.69) is 0 Å². The minimum Gasteiger partial charge on any atom is -0.489 e. The molecule has 1 atom stereocenters. The second-order valence-corrected chi connectivity index (χ2v) is 7.32. The fourth-order valence-electron chi connectivity index (χ4n) is 3.02. The molecule has 136 valence electrons. The van der Waals surface area contributed by atoms with Crippen molar-refractivity contribution in [3.05, 3.63) is 95.8 Å². The summed E-state index contributed by atoms with van der Waals surface area (Å²) in [5.41, 5.74) is 2.84. The van der Waals surface area contributed by atoms with Crippen LogP contribution in [0.2, 0.25) is 0 Å². The average molecular weight is 379 g/mol. The van der Waals surface area contributed by atoms with Crippen molar-refractivity contribution in [1.29, 1.82) is 0 Å². The normalized spacial score (nSPS) is 16.6. The number of halogens is 1. The number of ether oxygens (including phenoxy) is 1. The van der Waals surface area contributed by atoms with Crippen LogP contribution in [0.15, 0.2) is 78.9 Å². The molecule has 0 aliphatic carbocycles. The highest BCUT2D eigenvalue weighted by Gasteiger charge is 2.33. The molecule has 0 N–H and O–H groups in total. The molecule has 3 nitrogen and oxygen atoms in total. The average Bonchev–Trinajstić information content (AvgIpc) is 3.10. The molecule has 27 heavy (non-hydrogen) atoms. The number of anilines is 1. The molecule has 1 fully saturated rings. The monoisotopic (exact) mass is 379 g/mol. The number of benzene rings is 3. The summed E-state index contributed by atoms with van der Waals surface area (Å²) >= 11 is 1.57. The van der Waals surface area contributed by atoms with Crippen molar-refractivity contribution in [2.75, 3.05) is 10.7 Å². The molecule has 1 aliphatic heterocycles. The van der Waals surface area contributed by atoms with Crippen LogP contribution in [0.1, 0.15) is 16.5 Å². The molecular weight excluding hydrogens is 361 g/mol. The van der Waals surface area contributed by atoms with Gasteiger partial charge in [-0.2, -0.15) is 0 Å². The van der Waals surface area contributed by atoms with Gasteiger partial charge in [0.1, 0.15) is 23.5 Å². The first-order valence-electron chi connectivity index (χ1n) is 8.66. The van der Waals surface area contributed by atoms with E-state index >= 15 is 0 Å². The first-order chi connectivity index (χ1) is 13.2. The Balaban J connectivity index is 1.49. The fraction of sp³-hybridized carbons (Fsp3) is 0.136. The van der Waals surface area contributed by atoms with Gasteiger partial charge in [0.15, 0.2) is 0 Å². The first-order valence-corrected chi connectivity index (χ1v) is 9.71. The largest absolute Gasteiger partial charge is 0.489 e. The van der Waals surface area contributed by atoms with Crippen LogP contribution in [0.4, 0.5) is 10.1 Å². The highest BCUT2D eigenvalue weighted by Crippen LogP contribution is 2.42. The van der Waals surface area contributed by atoms with E-state index in [9.17, 15) is 9.18 Å². The van der Waals surface area contributed by atoms with Crippen molar-refractivity contribution in [3.8, 4) is 5.75 Å². The van der Waals surface area contributed by atoms with Gasteiger partial charge in [0, 0.05) is 5.69 Å². The van der Waals surface area contributed by atoms with Crippen molar-refractivity contribution in [3.63, 3.8) is 0 Å². The Bertz CT molecular complexity index is 913. The highest BCUT2D eigenvalue weighted by atomic mass is 32.2. The van der Waals surface area contributed by atoms with E-state index in [1.54, 1.807) is 28.8 Å². The molecular formula is C22H18FNO2S. The highest BCUT2D eigenvalue weighted by molar-refractivity contribution is 8.00. The maximum Gasteiger partial charge on any atom is 0.238 e. The van der Waals surface area contributed by atoms with Crippen molar-refractivity contribution >= 4 is 23.4 Å². The Morgan fingerprint density at radius 3 is 2.37 bits per heavy atom. The third-order valence-corrected chi connectivity index (χ3v) is 5.60. The summed E-state index contributed by atoms with van der Waals surface area (Å²) in [6.45, 7) is 0.512. The van der Waals surface area contributed by atoms with E-state index in [1.807, 2.05) is 54.6 Å². The van der Waals surface area contributed by atoms with Gasteiger partial charge in [0.2, 0.25) is 5.91 Å². The Kier molecular flexibility index (Phi) is 5.12. The summed E-state index contributed by atoms with van der Waals surface area (Å²) in [5, 5.41) is -0.119. The van der Waals surface area contributed by atoms with E-state index in [0.717, 1.165) is 16.9 Å². The van der Waals surface area contributed by atoms with Gasteiger partial charge >= 0.3 is 0 Å². The number of nitrogens with zero attached hydrogens (tertiary/aromatic N) is 1. The lowest BCUT2D eigenvalue weighted by molar-refractivity contribution is -0.115. The number of rotatable bonds is 5. The predicted octanol–water partition coefficient (Wildman–Crippen LogP) is 5.18. The molecule has 5 heteroatoms. The number of carbonyl (C=O) groups excluding carboxylic acids is 1. The lowest BCUT2D eigenvalue weighted by atomic mass is 10.1. The first kappa shape index (κ1) is 17.6. The van der Waals surface area contributed by atoms with Crippen LogP contribution < -0.4 is 9.64 Å². The zero-order valence-corrected chi connectivity index (χ0v) is 15.4. The molecule has 4 rings (SSSR count). The van der Waals surface area contributed by atoms with Gasteiger partial charge < -0.3 is 4.74 Å². The number of amides is 1. The van der Waals surface area contributed by atoms with Gasteiger partial charge in [0.25, 0.3) is 0 Å². The molecule has 1 saturated heterocycles. The van der Waals surface area contributed by atoms with Crippen LogP contribution in [0.5, 0.6) is 5.75 Å². The van der Waals surface area contributed by atoms with Crippen molar-refractivity contribution in [1.82, 2.24) is 0 Å². The van der Waals surface area contributed by atoms with Crippen LogP contribution in [0, 0.1) is 5.82 Å². The van der Waals surface area contributed by atoms with E-state index in [1.165, 1.54) is 12.1 Å². The smallest absolute Gasteiger partial charge is 0.238 e. The van der Waals surface area contributed by atoms with Gasteiger partial charge in [-0.3, -0.25) is 9.69 Å². The zero-order valence-electron chi connectivity index (χ0n) is 14.5. The molecule has 0 spiro atoms. The number of hydrogen-bond acceptors (Lipinski definition) is 3. The Hall–Kier alpha value is -2.79. The van der Waals surface area contributed by atoms with E-state index < -0.39 is 0 Å². The minimum atomic E-state index is -0.311. The van der Waals surface area contributed by atoms with Crippen LogP contribution in [-0.4, -0.2) is 11.7 Å². The number of hydrogen-bond donors (Lipinski definition) is 0. The second kappa shape index (κ2) is 7.84. The SMILES string of the molecule is O=C1CSC(c2ccc(OCc3ccccc3)cc2)N1c1ccc(F)cc1. The lowest BCUT2D eigenvalue weighted by Crippen LogP contribution is -2.27. The summed E-state index contributed by atoms with van der Waals surface area (Å²) in [5.74, 6) is 0.912. The topological polar surface area (TPSA) is 29.5 Å². The van der Waals surface area contributed by atoms with Crippen molar-refractivity contribution < 1.29 is 13.9 Å². The second-order valence-electron chi connectivity index (χ2n) is 6.25. The van der Waals surface area contributed by atoms with Crippen molar-refractivity contribution in [2.24, 2.45) is 0 Å². The van der Waals surface area contributed by atoms with Crippen molar-refractivity contribution in [2.45, 2.75) is 12.0 Å². The quantitative estimate of drug-likeness (QED) is 0.611. The Morgan fingerprint density at radius 1 is 0.963 bits per heavy atom. The Labute approximate surface area is 161 Å². The molecule has 0 aromatic heterocycles. The summed E-state index contributed by atoms with van der Waals surface area (Å²) < 4.78 is 19.0. The minimum absolute atomic E-state index is 0.0287. The van der Waals surface area contributed by atoms with Gasteiger partial charge in [-0.1, -0.05) is 42.5 Å². The summed E-state index contributed by atoms with van der Waals surface area (Å²) in [4.78, 5) is 14.1. The molecule has 1 heterocycles. The summed E-state index contributed by atoms with van der Waals surface area (Å²) in [6.07, 6.45) is 0. The molecule has 1 amide bonds. The number of thioether (sulfide) groups is 1. The molecule has 3 aromatic carbocycles. The van der Waals surface area contributed by atoms with Gasteiger partial charge in [-0.05, 0) is 47.5 Å². The Morgan fingerprint density at radius 2 is 1.67 bits per heavy atom. The third-order valence-electron chi connectivity index (χ3n) is 4.39.